The van der Waals surface area contributed by atoms with E-state index in [9.17, 15) is 4.79 Å². The highest BCUT2D eigenvalue weighted by atomic mass is 16.2. The van der Waals surface area contributed by atoms with Gasteiger partial charge < -0.3 is 0 Å². The summed E-state index contributed by atoms with van der Waals surface area (Å²) in [4.78, 5) is 10.2. The van der Waals surface area contributed by atoms with Crippen LogP contribution in [0.4, 0.5) is 4.79 Å². The van der Waals surface area contributed by atoms with E-state index in [-0.39, 0.29) is 6.04 Å². The molecule has 9 heavy (non-hydrogen) atoms. The Hall–Kier alpha value is -0.970. The van der Waals surface area contributed by atoms with Crippen LogP contribution in [0.15, 0.2) is 5.11 Å². The van der Waals surface area contributed by atoms with E-state index >= 15 is 0 Å². The molecule has 0 saturated heterocycles. The highest BCUT2D eigenvalue weighted by Gasteiger charge is 1.94. The van der Waals surface area contributed by atoms with Crippen molar-refractivity contribution in [1.29, 1.82) is 5.53 Å². The van der Waals surface area contributed by atoms with Crippen molar-refractivity contribution in [1.82, 2.24) is 10.9 Å². The molecule has 0 aromatic carbocycles. The second kappa shape index (κ2) is 3.96. The molecule has 0 heterocycles. The second-order valence-electron chi connectivity index (χ2n) is 1.84. The highest BCUT2D eigenvalue weighted by molar-refractivity contribution is 5.73. The molecule has 0 saturated carbocycles. The Labute approximate surface area is 53.3 Å². The van der Waals surface area contributed by atoms with E-state index < -0.39 is 6.03 Å². The topological polar surface area (TPSA) is 77.3 Å². The fourth-order valence-electron chi connectivity index (χ4n) is 0.234. The lowest BCUT2D eigenvalue weighted by Crippen LogP contribution is -2.39. The van der Waals surface area contributed by atoms with Crippen molar-refractivity contribution in [2.75, 3.05) is 0 Å². The number of hydrogen-bond acceptors (Lipinski definition) is 3. The lowest BCUT2D eigenvalue weighted by molar-refractivity contribution is 0.241. The Morgan fingerprint density at radius 1 is 1.67 bits per heavy atom. The zero-order valence-corrected chi connectivity index (χ0v) is 5.43. The Kier molecular flexibility index (Phi) is 3.54. The van der Waals surface area contributed by atoms with Crippen LogP contribution in [-0.2, 0) is 0 Å². The second-order valence-corrected chi connectivity index (χ2v) is 1.84. The molecule has 5 heteroatoms. The van der Waals surface area contributed by atoms with Crippen molar-refractivity contribution in [3.05, 3.63) is 0 Å². The first-order valence-electron chi connectivity index (χ1n) is 2.59. The molecule has 0 unspecified atom stereocenters. The molecular weight excluding hydrogens is 120 g/mol. The van der Waals surface area contributed by atoms with E-state index in [1.807, 2.05) is 13.8 Å². The van der Waals surface area contributed by atoms with E-state index in [1.165, 1.54) is 0 Å². The highest BCUT2D eigenvalue weighted by Crippen LogP contribution is 1.72. The van der Waals surface area contributed by atoms with Gasteiger partial charge in [-0.05, 0) is 13.8 Å². The molecular formula is C4H10N4O. The molecule has 0 aliphatic carbocycles. The number of carbonyl (C=O) groups excluding carboxylic acids is 1. The number of hydrogen-bond donors (Lipinski definition) is 3. The van der Waals surface area contributed by atoms with Crippen LogP contribution in [0, 0.1) is 5.53 Å². The Balaban J connectivity index is 3.27. The largest absolute Gasteiger partial charge is 0.373 e. The van der Waals surface area contributed by atoms with E-state index in [0.29, 0.717) is 0 Å². The molecule has 0 atom stereocenters. The molecule has 0 rings (SSSR count). The summed E-state index contributed by atoms with van der Waals surface area (Å²) in [5.74, 6) is 0. The third-order valence-electron chi connectivity index (χ3n) is 0.569. The van der Waals surface area contributed by atoms with Crippen molar-refractivity contribution in [2.24, 2.45) is 5.11 Å². The number of amides is 2. The average molecular weight is 130 g/mol. The Bertz CT molecular complexity index is 111. The summed E-state index contributed by atoms with van der Waals surface area (Å²) in [5, 5.41) is 2.60. The maximum atomic E-state index is 10.2. The number of carbonyl (C=O) groups is 1. The van der Waals surface area contributed by atoms with E-state index in [2.05, 4.69) is 16.0 Å². The van der Waals surface area contributed by atoms with Gasteiger partial charge in [-0.3, -0.25) is 5.43 Å². The minimum atomic E-state index is -0.677. The lowest BCUT2D eigenvalue weighted by Gasteiger charge is -2.05. The summed E-state index contributed by atoms with van der Waals surface area (Å²) in [7, 11) is 0. The molecule has 52 valence electrons. The molecule has 5 nitrogen and oxygen atoms in total. The number of rotatable bonds is 2. The number of nitrogens with one attached hydrogen (secondary N) is 3. The first-order chi connectivity index (χ1) is 4.16. The van der Waals surface area contributed by atoms with Crippen molar-refractivity contribution >= 4 is 6.03 Å². The fourth-order valence-corrected chi connectivity index (χ4v) is 0.234. The number of hydrazine groups is 1. The first-order valence-corrected chi connectivity index (χ1v) is 2.59. The summed E-state index contributed by atoms with van der Waals surface area (Å²) < 4.78 is 0. The predicted molar refractivity (Wildman–Crippen MR) is 32.0 cm³/mol. The first kappa shape index (κ1) is 8.03. The molecule has 0 aromatic rings. The van der Waals surface area contributed by atoms with Gasteiger partial charge in [0.05, 0.1) is 0 Å². The third-order valence-corrected chi connectivity index (χ3v) is 0.569. The molecule has 0 fully saturated rings. The van der Waals surface area contributed by atoms with Crippen LogP contribution in [0.2, 0.25) is 0 Å². The van der Waals surface area contributed by atoms with Gasteiger partial charge in [0.2, 0.25) is 0 Å². The van der Waals surface area contributed by atoms with Gasteiger partial charge in [0.1, 0.15) is 0 Å². The maximum Gasteiger partial charge on any atom is 0.373 e. The van der Waals surface area contributed by atoms with Gasteiger partial charge in [-0.15, -0.1) is 0 Å². The SMILES string of the molecule is CC(C)NNC(=O)N=N. The Morgan fingerprint density at radius 3 is 2.56 bits per heavy atom. The third kappa shape index (κ3) is 4.89. The molecule has 2 amide bonds. The summed E-state index contributed by atoms with van der Waals surface area (Å²) in [6.07, 6.45) is 0. The van der Waals surface area contributed by atoms with Crippen molar-refractivity contribution in [2.45, 2.75) is 19.9 Å². The Morgan fingerprint density at radius 2 is 2.22 bits per heavy atom. The quantitative estimate of drug-likeness (QED) is 0.379. The van der Waals surface area contributed by atoms with Gasteiger partial charge >= 0.3 is 6.03 Å². The average Bonchev–Trinajstić information content (AvgIpc) is 1.83. The standard InChI is InChI=1S/C4H10N4O/c1-3(2)7-8-4(9)6-5/h3,5,7H,1-2H3,(H,8,9). The van der Waals surface area contributed by atoms with Crippen LogP contribution in [0.3, 0.4) is 0 Å². The molecule has 0 aromatic heterocycles. The van der Waals surface area contributed by atoms with E-state index in [0.717, 1.165) is 0 Å². The maximum absolute atomic E-state index is 10.2. The summed E-state index contributed by atoms with van der Waals surface area (Å²) >= 11 is 0. The fraction of sp³-hybridized carbons (Fsp3) is 0.750. The van der Waals surface area contributed by atoms with Gasteiger partial charge in [-0.25, -0.2) is 10.2 Å². The smallest absolute Gasteiger partial charge is 0.270 e. The van der Waals surface area contributed by atoms with Gasteiger partial charge in [-0.2, -0.15) is 5.53 Å². The van der Waals surface area contributed by atoms with Gasteiger partial charge in [0.25, 0.3) is 0 Å². The zero-order chi connectivity index (χ0) is 7.28. The van der Waals surface area contributed by atoms with E-state index in [4.69, 9.17) is 5.53 Å². The lowest BCUT2D eigenvalue weighted by atomic mass is 10.4. The minimum absolute atomic E-state index is 0.163. The summed E-state index contributed by atoms with van der Waals surface area (Å²) in [6.45, 7) is 3.73. The molecule has 0 aliphatic heterocycles. The van der Waals surface area contributed by atoms with Crippen molar-refractivity contribution in [3.8, 4) is 0 Å². The van der Waals surface area contributed by atoms with Crippen molar-refractivity contribution < 1.29 is 4.79 Å². The van der Waals surface area contributed by atoms with Crippen LogP contribution >= 0.6 is 0 Å². The van der Waals surface area contributed by atoms with Crippen LogP contribution < -0.4 is 10.9 Å². The monoisotopic (exact) mass is 130 g/mol. The molecule has 0 spiro atoms. The summed E-state index contributed by atoms with van der Waals surface area (Å²) in [5.41, 5.74) is 11.0. The molecule has 0 bridgehead atoms. The van der Waals surface area contributed by atoms with Crippen LogP contribution in [0.5, 0.6) is 0 Å². The number of urea groups is 1. The minimum Gasteiger partial charge on any atom is -0.270 e. The van der Waals surface area contributed by atoms with Crippen LogP contribution in [0.1, 0.15) is 13.8 Å². The predicted octanol–water partition coefficient (Wildman–Crippen LogP) is 0.640. The molecule has 0 radical (unpaired) electrons. The van der Waals surface area contributed by atoms with Gasteiger partial charge in [0.15, 0.2) is 0 Å². The molecule has 3 N–H and O–H groups in total. The van der Waals surface area contributed by atoms with E-state index in [1.54, 1.807) is 0 Å². The normalized spacial score (nSPS) is 9.22. The number of nitrogens with zero attached hydrogens (tertiary/aromatic N) is 1. The molecule has 0 aliphatic rings. The van der Waals surface area contributed by atoms with Crippen molar-refractivity contribution in [3.63, 3.8) is 0 Å². The zero-order valence-electron chi connectivity index (χ0n) is 5.43. The van der Waals surface area contributed by atoms with Gasteiger partial charge in [-0.1, -0.05) is 5.11 Å². The van der Waals surface area contributed by atoms with Crippen LogP contribution in [-0.4, -0.2) is 12.1 Å². The van der Waals surface area contributed by atoms with Gasteiger partial charge in [0, 0.05) is 6.04 Å². The summed E-state index contributed by atoms with van der Waals surface area (Å²) in [6, 6.07) is -0.514. The van der Waals surface area contributed by atoms with Crippen LogP contribution in [0.25, 0.3) is 0 Å².